The van der Waals surface area contributed by atoms with Gasteiger partial charge in [0.1, 0.15) is 0 Å². The van der Waals surface area contributed by atoms with E-state index < -0.39 is 5.54 Å². The summed E-state index contributed by atoms with van der Waals surface area (Å²) in [5.41, 5.74) is 8.57. The summed E-state index contributed by atoms with van der Waals surface area (Å²) in [5.74, 6) is 0. The lowest BCUT2D eigenvalue weighted by Crippen LogP contribution is -2.52. The maximum atomic E-state index is 6.35. The lowest BCUT2D eigenvalue weighted by Gasteiger charge is -2.33. The second kappa shape index (κ2) is 2.36. The Morgan fingerprint density at radius 3 is 2.60 bits per heavy atom. The zero-order valence-corrected chi connectivity index (χ0v) is 8.86. The first kappa shape index (κ1) is 8.80. The summed E-state index contributed by atoms with van der Waals surface area (Å²) >= 11 is 0. The van der Waals surface area contributed by atoms with Crippen LogP contribution in [-0.2, 0) is 0 Å². The van der Waals surface area contributed by atoms with Crippen molar-refractivity contribution in [3.63, 3.8) is 0 Å². The van der Waals surface area contributed by atoms with Gasteiger partial charge in [-0.05, 0) is 26.0 Å². The Bertz CT molecular complexity index is 493. The van der Waals surface area contributed by atoms with Crippen LogP contribution in [-0.4, -0.2) is 17.0 Å². The van der Waals surface area contributed by atoms with Gasteiger partial charge in [0, 0.05) is 6.20 Å². The number of allylic oxidation sites excluding steroid dienone is 3. The predicted molar refractivity (Wildman–Crippen MR) is 61.9 cm³/mol. The van der Waals surface area contributed by atoms with Gasteiger partial charge in [-0.25, -0.2) is 0 Å². The van der Waals surface area contributed by atoms with E-state index in [0.29, 0.717) is 0 Å². The molecule has 3 aliphatic rings. The van der Waals surface area contributed by atoms with E-state index in [2.05, 4.69) is 16.9 Å². The van der Waals surface area contributed by atoms with Gasteiger partial charge in [0.2, 0.25) is 0 Å². The molecule has 3 rings (SSSR count). The van der Waals surface area contributed by atoms with E-state index in [1.165, 1.54) is 0 Å². The minimum absolute atomic E-state index is 0.277. The quantitative estimate of drug-likeness (QED) is 0.632. The fourth-order valence-electron chi connectivity index (χ4n) is 2.43. The number of aliphatic imine (C=N–C) groups is 2. The van der Waals surface area contributed by atoms with Gasteiger partial charge in [-0.3, -0.25) is 9.98 Å². The van der Waals surface area contributed by atoms with Crippen molar-refractivity contribution in [3.8, 4) is 0 Å². The number of hydrogen-bond donors (Lipinski definition) is 1. The van der Waals surface area contributed by atoms with Crippen LogP contribution in [0.5, 0.6) is 0 Å². The molecule has 76 valence electrons. The molecule has 1 aliphatic heterocycles. The SMILES string of the molecule is CC1=CN=C2C=CC3(N)C=CC(=N1)C23C. The molecule has 1 heterocycles. The summed E-state index contributed by atoms with van der Waals surface area (Å²) in [4.78, 5) is 9.01. The summed E-state index contributed by atoms with van der Waals surface area (Å²) in [5, 5.41) is 0. The van der Waals surface area contributed by atoms with Gasteiger partial charge in [0.05, 0.1) is 28.1 Å². The van der Waals surface area contributed by atoms with Gasteiger partial charge in [0.25, 0.3) is 0 Å². The molecular formula is C12H13N3. The lowest BCUT2D eigenvalue weighted by atomic mass is 9.73. The molecule has 0 aromatic carbocycles. The summed E-state index contributed by atoms with van der Waals surface area (Å²) < 4.78 is 0. The standard InChI is InChI=1S/C12H13N3/c1-8-7-14-9-3-5-12(13)6-4-10(15-8)11(9,12)2/h3-7H,13H2,1-2H3. The monoisotopic (exact) mass is 199 g/mol. The summed E-state index contributed by atoms with van der Waals surface area (Å²) in [6, 6.07) is 0. The Morgan fingerprint density at radius 1 is 1.20 bits per heavy atom. The molecule has 2 unspecified atom stereocenters. The molecular weight excluding hydrogens is 186 g/mol. The summed E-state index contributed by atoms with van der Waals surface area (Å²) in [6.07, 6.45) is 9.86. The minimum atomic E-state index is -0.441. The van der Waals surface area contributed by atoms with E-state index in [4.69, 9.17) is 5.73 Å². The van der Waals surface area contributed by atoms with Gasteiger partial charge in [0.15, 0.2) is 0 Å². The molecule has 0 radical (unpaired) electrons. The summed E-state index contributed by atoms with van der Waals surface area (Å²) in [6.45, 7) is 4.06. The molecule has 2 atom stereocenters. The molecule has 0 saturated heterocycles. The lowest BCUT2D eigenvalue weighted by molar-refractivity contribution is 0.487. The molecule has 0 fully saturated rings. The highest BCUT2D eigenvalue weighted by Crippen LogP contribution is 2.46. The molecule has 0 aromatic rings. The highest BCUT2D eigenvalue weighted by atomic mass is 14.9. The second-order valence-corrected chi connectivity index (χ2v) is 4.51. The van der Waals surface area contributed by atoms with Crippen molar-refractivity contribution in [1.82, 2.24) is 0 Å². The maximum absolute atomic E-state index is 6.35. The van der Waals surface area contributed by atoms with Crippen molar-refractivity contribution in [2.24, 2.45) is 21.1 Å². The maximum Gasteiger partial charge on any atom is 0.0770 e. The van der Waals surface area contributed by atoms with Crippen LogP contribution in [0.15, 0.2) is 46.2 Å². The Morgan fingerprint density at radius 2 is 1.87 bits per heavy atom. The number of hydrogen-bond acceptors (Lipinski definition) is 3. The van der Waals surface area contributed by atoms with E-state index >= 15 is 0 Å². The Labute approximate surface area is 88.8 Å². The molecule has 0 spiro atoms. The van der Waals surface area contributed by atoms with E-state index in [1.807, 2.05) is 31.2 Å². The van der Waals surface area contributed by atoms with Crippen molar-refractivity contribution in [3.05, 3.63) is 36.2 Å². The van der Waals surface area contributed by atoms with Crippen LogP contribution in [0.2, 0.25) is 0 Å². The third kappa shape index (κ3) is 0.844. The average molecular weight is 199 g/mol. The Hall–Kier alpha value is -1.48. The second-order valence-electron chi connectivity index (χ2n) is 4.51. The molecule has 0 bridgehead atoms. The number of nitrogens with two attached hydrogens (primary N) is 1. The van der Waals surface area contributed by atoms with Gasteiger partial charge in [-0.2, -0.15) is 0 Å². The van der Waals surface area contributed by atoms with Crippen LogP contribution in [0.3, 0.4) is 0 Å². The molecule has 0 aromatic heterocycles. The van der Waals surface area contributed by atoms with E-state index in [-0.39, 0.29) is 5.41 Å². The first-order valence-electron chi connectivity index (χ1n) is 5.08. The smallest absolute Gasteiger partial charge is 0.0770 e. The molecule has 0 amide bonds. The normalized spacial score (nSPS) is 40.9. The molecule has 15 heavy (non-hydrogen) atoms. The fourth-order valence-corrected chi connectivity index (χ4v) is 2.43. The van der Waals surface area contributed by atoms with Gasteiger partial charge < -0.3 is 5.73 Å². The molecule has 2 aliphatic carbocycles. The van der Waals surface area contributed by atoms with Gasteiger partial charge in [-0.1, -0.05) is 12.2 Å². The number of nitrogens with zero attached hydrogens (tertiary/aromatic N) is 2. The third-order valence-electron chi connectivity index (χ3n) is 3.61. The first-order valence-corrected chi connectivity index (χ1v) is 5.08. The Balaban J connectivity index is 2.32. The van der Waals surface area contributed by atoms with Crippen molar-refractivity contribution in [1.29, 1.82) is 0 Å². The third-order valence-corrected chi connectivity index (χ3v) is 3.61. The van der Waals surface area contributed by atoms with Crippen molar-refractivity contribution >= 4 is 11.4 Å². The minimum Gasteiger partial charge on any atom is -0.318 e. The van der Waals surface area contributed by atoms with Crippen molar-refractivity contribution in [2.75, 3.05) is 0 Å². The highest BCUT2D eigenvalue weighted by Gasteiger charge is 2.55. The zero-order valence-electron chi connectivity index (χ0n) is 8.86. The van der Waals surface area contributed by atoms with Gasteiger partial charge in [-0.15, -0.1) is 0 Å². The van der Waals surface area contributed by atoms with Crippen LogP contribution in [0.25, 0.3) is 0 Å². The van der Waals surface area contributed by atoms with Crippen LogP contribution in [0, 0.1) is 5.41 Å². The summed E-state index contributed by atoms with van der Waals surface area (Å²) in [7, 11) is 0. The van der Waals surface area contributed by atoms with E-state index in [0.717, 1.165) is 17.1 Å². The number of rotatable bonds is 0. The highest BCUT2D eigenvalue weighted by molar-refractivity contribution is 6.25. The molecule has 0 saturated carbocycles. The molecule has 3 heteroatoms. The van der Waals surface area contributed by atoms with Crippen LogP contribution >= 0.6 is 0 Å². The first-order chi connectivity index (χ1) is 7.06. The fraction of sp³-hybridized carbons (Fsp3) is 0.333. The van der Waals surface area contributed by atoms with Crippen LogP contribution in [0.4, 0.5) is 0 Å². The zero-order chi connectivity index (χ0) is 10.7. The van der Waals surface area contributed by atoms with E-state index in [9.17, 15) is 0 Å². The topological polar surface area (TPSA) is 50.7 Å². The Kier molecular flexibility index (Phi) is 1.39. The predicted octanol–water partition coefficient (Wildman–Crippen LogP) is 1.59. The average Bonchev–Trinajstić information content (AvgIpc) is 2.52. The van der Waals surface area contributed by atoms with Gasteiger partial charge >= 0.3 is 0 Å². The molecule has 3 nitrogen and oxygen atoms in total. The van der Waals surface area contributed by atoms with Crippen LogP contribution < -0.4 is 5.73 Å². The van der Waals surface area contributed by atoms with Crippen molar-refractivity contribution < 1.29 is 0 Å². The van der Waals surface area contributed by atoms with Crippen LogP contribution in [0.1, 0.15) is 13.8 Å². The largest absolute Gasteiger partial charge is 0.318 e. The van der Waals surface area contributed by atoms with E-state index in [1.54, 1.807) is 6.20 Å². The molecule has 2 N–H and O–H groups in total. The van der Waals surface area contributed by atoms with Crippen molar-refractivity contribution in [2.45, 2.75) is 19.4 Å².